The number of aryl methyl sites for hydroxylation is 1. The summed E-state index contributed by atoms with van der Waals surface area (Å²) in [5.41, 5.74) is 7.82. The number of halogens is 1. The third-order valence-corrected chi connectivity index (χ3v) is 10.8. The number of aliphatic hydroxyl groups is 1. The second-order valence-corrected chi connectivity index (χ2v) is 14.5. The molecule has 2 aromatic carbocycles. The van der Waals surface area contributed by atoms with Crippen molar-refractivity contribution in [3.63, 3.8) is 0 Å². The Balaban J connectivity index is 0.00000541. The molecule has 0 saturated carbocycles. The van der Waals surface area contributed by atoms with Crippen LogP contribution in [0.25, 0.3) is 0 Å². The molecule has 3 heterocycles. The van der Waals surface area contributed by atoms with Crippen molar-refractivity contribution >= 4 is 76.8 Å². The first kappa shape index (κ1) is 38.0. The minimum atomic E-state index is -1.78. The number of nitrogens with two attached hydrogens (primary N) is 1. The van der Waals surface area contributed by atoms with Gasteiger partial charge in [0.05, 0.1) is 6.04 Å². The molecule has 2 aliphatic rings. The van der Waals surface area contributed by atoms with E-state index in [-0.39, 0.29) is 35.7 Å². The molecule has 5 rings (SSSR count). The average molecular weight is 748 g/mol. The zero-order valence-corrected chi connectivity index (χ0v) is 29.8. The largest absolute Gasteiger partial charge is 0.426 e. The van der Waals surface area contributed by atoms with Gasteiger partial charge in [0.1, 0.15) is 22.1 Å². The summed E-state index contributed by atoms with van der Waals surface area (Å²) in [6.07, 6.45) is -2.72. The number of benzene rings is 2. The van der Waals surface area contributed by atoms with Crippen molar-refractivity contribution in [2.24, 2.45) is 5.73 Å². The number of thioether (sulfide) groups is 2. The number of ether oxygens (including phenoxy) is 2. The maximum atomic E-state index is 13.5. The van der Waals surface area contributed by atoms with Crippen LogP contribution in [0.2, 0.25) is 0 Å². The number of aliphatic hydroxyl groups excluding tert-OH is 1. The number of Topliss-reactive ketones (excluding diaryl/α,β-unsaturated/α-hetero) is 1. The van der Waals surface area contributed by atoms with Crippen LogP contribution < -0.4 is 11.1 Å². The smallest absolute Gasteiger partial charge is 0.358 e. The van der Waals surface area contributed by atoms with Gasteiger partial charge in [0.2, 0.25) is 6.29 Å². The van der Waals surface area contributed by atoms with Crippen LogP contribution in [0.5, 0.6) is 0 Å². The monoisotopic (exact) mass is 747 g/mol. The number of carbonyl (C=O) groups is 5. The van der Waals surface area contributed by atoms with Crippen LogP contribution in [0.15, 0.2) is 70.2 Å². The molecule has 2 aliphatic heterocycles. The van der Waals surface area contributed by atoms with Gasteiger partial charge in [-0.15, -0.1) is 34.4 Å². The Hall–Kier alpha value is -3.80. The molecule has 0 bridgehead atoms. The molecule has 49 heavy (non-hydrogen) atoms. The Bertz CT molecular complexity index is 1760. The standard InChI is InChI=1S/C32H33N5O8S3.ClH/c1-16-35-36-32(48-16)47-15-20-14-46-30-24(29(42)37(30)25(20)31(43)45-18(3)44-17(2)38)34-28(41)27(40)22-12-8-7-11-21(22)26(39)23(33)13-19-9-5-4-6-10-19;/h4-12,18,23-24,27,30,40H,13-15,33H2,1-3H3,(H,34,41);1H/t18?,23-,24?,27?,30-;/m0./s1. The van der Waals surface area contributed by atoms with Gasteiger partial charge in [-0.1, -0.05) is 77.7 Å². The fraction of sp³-hybridized carbons (Fsp3) is 0.344. The Morgan fingerprint density at radius 3 is 2.47 bits per heavy atom. The topological polar surface area (TPSA) is 191 Å². The molecular weight excluding hydrogens is 714 g/mol. The molecule has 0 aliphatic carbocycles. The normalized spacial score (nSPS) is 18.6. The van der Waals surface area contributed by atoms with Crippen LogP contribution in [0.1, 0.15) is 46.4 Å². The summed E-state index contributed by atoms with van der Waals surface area (Å²) in [5.74, 6) is -2.82. The minimum absolute atomic E-state index is 0. The summed E-state index contributed by atoms with van der Waals surface area (Å²) in [7, 11) is 0. The van der Waals surface area contributed by atoms with Crippen LogP contribution in [-0.4, -0.2) is 85.0 Å². The van der Waals surface area contributed by atoms with Crippen molar-refractivity contribution in [3.8, 4) is 0 Å². The predicted octanol–water partition coefficient (Wildman–Crippen LogP) is 2.95. The quantitative estimate of drug-likeness (QED) is 0.0761. The van der Waals surface area contributed by atoms with E-state index in [1.807, 2.05) is 37.3 Å². The summed E-state index contributed by atoms with van der Waals surface area (Å²) in [4.78, 5) is 66.2. The summed E-state index contributed by atoms with van der Waals surface area (Å²) in [5, 5.41) is 21.9. The average Bonchev–Trinajstić information content (AvgIpc) is 3.49. The number of esters is 2. The second-order valence-electron chi connectivity index (χ2n) is 11.0. The number of ketones is 1. The van der Waals surface area contributed by atoms with Gasteiger partial charge >= 0.3 is 11.9 Å². The number of β-lactam (4-membered cyclic amide) rings is 1. The van der Waals surface area contributed by atoms with Crippen LogP contribution in [0.4, 0.5) is 0 Å². The number of nitrogens with zero attached hydrogens (tertiary/aromatic N) is 3. The lowest BCUT2D eigenvalue weighted by Gasteiger charge is -2.50. The summed E-state index contributed by atoms with van der Waals surface area (Å²) in [6.45, 7) is 4.38. The highest BCUT2D eigenvalue weighted by Gasteiger charge is 2.55. The molecule has 3 aromatic rings. The van der Waals surface area contributed by atoms with E-state index in [9.17, 15) is 29.1 Å². The van der Waals surface area contributed by atoms with Crippen molar-refractivity contribution in [3.05, 3.63) is 87.6 Å². The highest BCUT2D eigenvalue weighted by Crippen LogP contribution is 2.42. The molecular formula is C32H34ClN5O8S3. The molecule has 2 amide bonds. The van der Waals surface area contributed by atoms with Crippen molar-refractivity contribution in [2.75, 3.05) is 11.5 Å². The Morgan fingerprint density at radius 2 is 1.80 bits per heavy atom. The number of fused-ring (bicyclic) bond motifs is 1. The molecule has 260 valence electrons. The maximum absolute atomic E-state index is 13.5. The van der Waals surface area contributed by atoms with Gasteiger partial charge in [-0.05, 0) is 24.5 Å². The van der Waals surface area contributed by atoms with E-state index >= 15 is 0 Å². The van der Waals surface area contributed by atoms with Crippen molar-refractivity contribution < 1.29 is 38.6 Å². The highest BCUT2D eigenvalue weighted by molar-refractivity contribution is 8.01. The van der Waals surface area contributed by atoms with E-state index < -0.39 is 59.4 Å². The highest BCUT2D eigenvalue weighted by atomic mass is 35.5. The van der Waals surface area contributed by atoms with Crippen molar-refractivity contribution in [1.29, 1.82) is 0 Å². The fourth-order valence-corrected chi connectivity index (χ4v) is 8.53. The number of aromatic nitrogens is 2. The molecule has 1 saturated heterocycles. The third-order valence-electron chi connectivity index (χ3n) is 7.43. The van der Waals surface area contributed by atoms with Gasteiger partial charge in [0.15, 0.2) is 16.2 Å². The van der Waals surface area contributed by atoms with Gasteiger partial charge in [0, 0.05) is 36.5 Å². The van der Waals surface area contributed by atoms with E-state index in [1.165, 1.54) is 65.7 Å². The first-order chi connectivity index (χ1) is 22.9. The maximum Gasteiger partial charge on any atom is 0.358 e. The number of nitrogens with one attached hydrogen (secondary N) is 1. The van der Waals surface area contributed by atoms with Crippen LogP contribution in [-0.2, 0) is 35.1 Å². The van der Waals surface area contributed by atoms with Crippen molar-refractivity contribution in [2.45, 2.75) is 61.4 Å². The number of amides is 2. The first-order valence-electron chi connectivity index (χ1n) is 14.8. The molecule has 5 atom stereocenters. The molecule has 1 aromatic heterocycles. The molecule has 4 N–H and O–H groups in total. The summed E-state index contributed by atoms with van der Waals surface area (Å²) >= 11 is 4.07. The molecule has 17 heteroatoms. The van der Waals surface area contributed by atoms with Crippen molar-refractivity contribution in [1.82, 2.24) is 20.4 Å². The molecule has 13 nitrogen and oxygen atoms in total. The lowest BCUT2D eigenvalue weighted by molar-refractivity contribution is -0.182. The number of carbonyl (C=O) groups excluding carboxylic acids is 5. The Morgan fingerprint density at radius 1 is 1.10 bits per heavy atom. The fourth-order valence-electron chi connectivity index (χ4n) is 5.23. The first-order valence-corrected chi connectivity index (χ1v) is 17.7. The molecule has 3 unspecified atom stereocenters. The van der Waals surface area contributed by atoms with E-state index in [2.05, 4.69) is 15.5 Å². The summed E-state index contributed by atoms with van der Waals surface area (Å²) in [6, 6.07) is 13.4. The Labute approximate surface area is 300 Å². The van der Waals surface area contributed by atoms with Crippen LogP contribution >= 0.6 is 47.3 Å². The zero-order valence-electron chi connectivity index (χ0n) is 26.6. The number of rotatable bonds is 13. The van der Waals surface area contributed by atoms with Gasteiger partial charge in [0.25, 0.3) is 11.8 Å². The van der Waals surface area contributed by atoms with E-state index in [0.717, 1.165) is 10.6 Å². The van der Waals surface area contributed by atoms with Crippen LogP contribution in [0, 0.1) is 6.92 Å². The lowest BCUT2D eigenvalue weighted by atomic mass is 9.92. The summed E-state index contributed by atoms with van der Waals surface area (Å²) < 4.78 is 11.0. The van der Waals surface area contributed by atoms with Crippen LogP contribution in [0.3, 0.4) is 0 Å². The molecule has 0 spiro atoms. The van der Waals surface area contributed by atoms with Gasteiger partial charge < -0.3 is 25.6 Å². The van der Waals surface area contributed by atoms with Gasteiger partial charge in [-0.3, -0.25) is 24.1 Å². The third kappa shape index (κ3) is 8.87. The number of hydrogen-bond donors (Lipinski definition) is 3. The number of hydrogen-bond acceptors (Lipinski definition) is 14. The van der Waals surface area contributed by atoms with Gasteiger partial charge in [-0.2, -0.15) is 0 Å². The second kappa shape index (κ2) is 16.7. The van der Waals surface area contributed by atoms with Gasteiger partial charge in [-0.25, -0.2) is 4.79 Å². The predicted molar refractivity (Wildman–Crippen MR) is 186 cm³/mol. The Kier molecular flexibility index (Phi) is 13.0. The zero-order chi connectivity index (χ0) is 34.5. The lowest BCUT2D eigenvalue weighted by Crippen LogP contribution is -2.71. The van der Waals surface area contributed by atoms with E-state index in [1.54, 1.807) is 12.1 Å². The minimum Gasteiger partial charge on any atom is -0.426 e. The van der Waals surface area contributed by atoms with E-state index in [4.69, 9.17) is 15.2 Å². The SMILES string of the molecule is CC(=O)OC(C)OC(=O)C1=C(CSc2nnc(C)s2)CS[C@H]2C(NC(=O)C(O)c3ccccc3C(=O)[C@@H](N)Cc3ccccc3)C(=O)N12.Cl. The molecule has 0 radical (unpaired) electrons. The van der Waals surface area contributed by atoms with E-state index in [0.29, 0.717) is 21.4 Å². The molecule has 1 fully saturated rings.